The number of amides is 2. The molecule has 0 saturated carbocycles. The van der Waals surface area contributed by atoms with Gasteiger partial charge >= 0.3 is 0 Å². The van der Waals surface area contributed by atoms with Crippen LogP contribution in [0, 0.1) is 13.8 Å². The highest BCUT2D eigenvalue weighted by Crippen LogP contribution is 2.25. The molecule has 4 nitrogen and oxygen atoms in total. The Morgan fingerprint density at radius 2 is 1.85 bits per heavy atom. The molecule has 5 heteroatoms. The van der Waals surface area contributed by atoms with E-state index >= 15 is 0 Å². The number of carbonyl (C=O) groups is 2. The van der Waals surface area contributed by atoms with Gasteiger partial charge in [-0.3, -0.25) is 9.59 Å². The summed E-state index contributed by atoms with van der Waals surface area (Å²) in [4.78, 5) is 24.7. The maximum Gasteiger partial charge on any atom is 0.251 e. The van der Waals surface area contributed by atoms with Crippen LogP contribution < -0.4 is 10.6 Å². The summed E-state index contributed by atoms with van der Waals surface area (Å²) in [5, 5.41) is 6.17. The lowest BCUT2D eigenvalue weighted by atomic mass is 10.2. The van der Waals surface area contributed by atoms with E-state index in [-0.39, 0.29) is 18.4 Å². The molecule has 0 fully saturated rings. The van der Waals surface area contributed by atoms with Gasteiger partial charge in [-0.1, -0.05) is 18.2 Å². The van der Waals surface area contributed by atoms with E-state index < -0.39 is 0 Å². The fourth-order valence-electron chi connectivity index (χ4n) is 1.67. The van der Waals surface area contributed by atoms with Gasteiger partial charge in [-0.15, -0.1) is 11.3 Å². The number of aryl methyl sites for hydroxylation is 2. The van der Waals surface area contributed by atoms with Crippen molar-refractivity contribution in [3.05, 3.63) is 52.4 Å². The van der Waals surface area contributed by atoms with E-state index in [1.165, 1.54) is 16.2 Å². The Bertz CT molecular complexity index is 601. The van der Waals surface area contributed by atoms with Gasteiger partial charge in [0.2, 0.25) is 5.91 Å². The fraction of sp³-hybridized carbons (Fsp3) is 0.200. The van der Waals surface area contributed by atoms with Crippen molar-refractivity contribution in [3.63, 3.8) is 0 Å². The highest BCUT2D eigenvalue weighted by molar-refractivity contribution is 7.16. The predicted molar refractivity (Wildman–Crippen MR) is 81.2 cm³/mol. The van der Waals surface area contributed by atoms with Crippen LogP contribution in [0.15, 0.2) is 36.4 Å². The van der Waals surface area contributed by atoms with Crippen LogP contribution in [-0.4, -0.2) is 18.4 Å². The van der Waals surface area contributed by atoms with Crippen LogP contribution in [0.4, 0.5) is 5.00 Å². The van der Waals surface area contributed by atoms with Crippen molar-refractivity contribution in [2.75, 3.05) is 11.9 Å². The van der Waals surface area contributed by atoms with E-state index in [4.69, 9.17) is 0 Å². The average molecular weight is 288 g/mol. The lowest BCUT2D eigenvalue weighted by Crippen LogP contribution is -2.32. The van der Waals surface area contributed by atoms with E-state index in [0.717, 1.165) is 10.6 Å². The third-order valence-corrected chi connectivity index (χ3v) is 3.94. The molecular formula is C15H16N2O2S. The van der Waals surface area contributed by atoms with Crippen molar-refractivity contribution < 1.29 is 9.59 Å². The zero-order chi connectivity index (χ0) is 14.5. The standard InChI is InChI=1S/C15H16N2O2S/c1-10-8-14(20-11(10)2)17-13(18)9-16-15(19)12-6-4-3-5-7-12/h3-8H,9H2,1-2H3,(H,16,19)(H,17,18). The second kappa shape index (κ2) is 6.34. The molecule has 0 aliphatic rings. The van der Waals surface area contributed by atoms with Crippen LogP contribution in [0.3, 0.4) is 0 Å². The van der Waals surface area contributed by atoms with Crippen LogP contribution >= 0.6 is 11.3 Å². The molecule has 20 heavy (non-hydrogen) atoms. The molecule has 1 aromatic carbocycles. The minimum Gasteiger partial charge on any atom is -0.343 e. The van der Waals surface area contributed by atoms with E-state index in [0.29, 0.717) is 5.56 Å². The Morgan fingerprint density at radius 1 is 1.15 bits per heavy atom. The van der Waals surface area contributed by atoms with Gasteiger partial charge in [0.25, 0.3) is 5.91 Å². The van der Waals surface area contributed by atoms with Crippen molar-refractivity contribution in [1.82, 2.24) is 5.32 Å². The first kappa shape index (κ1) is 14.3. The number of nitrogens with one attached hydrogen (secondary N) is 2. The SMILES string of the molecule is Cc1cc(NC(=O)CNC(=O)c2ccccc2)sc1C. The van der Waals surface area contributed by atoms with Gasteiger partial charge in [-0.05, 0) is 37.6 Å². The summed E-state index contributed by atoms with van der Waals surface area (Å²) in [5.41, 5.74) is 1.70. The molecule has 1 aromatic heterocycles. The van der Waals surface area contributed by atoms with Gasteiger partial charge < -0.3 is 10.6 Å². The Morgan fingerprint density at radius 3 is 2.45 bits per heavy atom. The normalized spacial score (nSPS) is 10.1. The summed E-state index contributed by atoms with van der Waals surface area (Å²) < 4.78 is 0. The molecule has 0 aliphatic carbocycles. The molecule has 0 bridgehead atoms. The summed E-state index contributed by atoms with van der Waals surface area (Å²) in [6.45, 7) is 3.97. The quantitative estimate of drug-likeness (QED) is 0.909. The Hall–Kier alpha value is -2.14. The molecule has 0 radical (unpaired) electrons. The Labute approximate surface area is 121 Å². The van der Waals surface area contributed by atoms with E-state index in [2.05, 4.69) is 10.6 Å². The number of rotatable bonds is 4. The molecule has 2 aromatic rings. The molecule has 0 spiro atoms. The summed E-state index contributed by atoms with van der Waals surface area (Å²) in [6, 6.07) is 10.7. The minimum atomic E-state index is -0.251. The van der Waals surface area contributed by atoms with Crippen LogP contribution in [0.2, 0.25) is 0 Å². The van der Waals surface area contributed by atoms with Crippen molar-refractivity contribution in [3.8, 4) is 0 Å². The van der Waals surface area contributed by atoms with Crippen LogP contribution in [0.25, 0.3) is 0 Å². The minimum absolute atomic E-state index is 0.0380. The van der Waals surface area contributed by atoms with Gasteiger partial charge in [0.05, 0.1) is 11.5 Å². The maximum absolute atomic E-state index is 11.8. The predicted octanol–water partition coefficient (Wildman–Crippen LogP) is 2.73. The zero-order valence-corrected chi connectivity index (χ0v) is 12.2. The highest BCUT2D eigenvalue weighted by Gasteiger charge is 2.09. The largest absolute Gasteiger partial charge is 0.343 e. The fourth-order valence-corrected chi connectivity index (χ4v) is 2.62. The first-order valence-corrected chi connectivity index (χ1v) is 7.08. The summed E-state index contributed by atoms with van der Waals surface area (Å²) in [5.74, 6) is -0.477. The molecule has 0 aliphatic heterocycles. The van der Waals surface area contributed by atoms with E-state index in [1.807, 2.05) is 26.0 Å². The van der Waals surface area contributed by atoms with Gasteiger partial charge in [-0.25, -0.2) is 0 Å². The lowest BCUT2D eigenvalue weighted by Gasteiger charge is -2.05. The Balaban J connectivity index is 1.85. The number of hydrogen-bond donors (Lipinski definition) is 2. The first-order chi connectivity index (χ1) is 9.56. The highest BCUT2D eigenvalue weighted by atomic mass is 32.1. The number of thiophene rings is 1. The molecule has 2 rings (SSSR count). The zero-order valence-electron chi connectivity index (χ0n) is 11.4. The van der Waals surface area contributed by atoms with Gasteiger partial charge in [-0.2, -0.15) is 0 Å². The number of carbonyl (C=O) groups excluding carboxylic acids is 2. The second-order valence-electron chi connectivity index (χ2n) is 4.45. The van der Waals surface area contributed by atoms with Gasteiger partial charge in [0.15, 0.2) is 0 Å². The van der Waals surface area contributed by atoms with Crippen LogP contribution in [0.5, 0.6) is 0 Å². The number of hydrogen-bond acceptors (Lipinski definition) is 3. The summed E-state index contributed by atoms with van der Waals surface area (Å²) >= 11 is 1.53. The third kappa shape index (κ3) is 3.68. The molecule has 2 N–H and O–H groups in total. The number of benzene rings is 1. The summed E-state index contributed by atoms with van der Waals surface area (Å²) in [7, 11) is 0. The smallest absolute Gasteiger partial charge is 0.251 e. The topological polar surface area (TPSA) is 58.2 Å². The lowest BCUT2D eigenvalue weighted by molar-refractivity contribution is -0.115. The average Bonchev–Trinajstić information content (AvgIpc) is 2.75. The molecule has 2 amide bonds. The molecule has 0 atom stereocenters. The van der Waals surface area contributed by atoms with Crippen molar-refractivity contribution in [2.24, 2.45) is 0 Å². The monoisotopic (exact) mass is 288 g/mol. The first-order valence-electron chi connectivity index (χ1n) is 6.26. The van der Waals surface area contributed by atoms with E-state index in [1.54, 1.807) is 24.3 Å². The van der Waals surface area contributed by atoms with Crippen molar-refractivity contribution >= 4 is 28.2 Å². The van der Waals surface area contributed by atoms with Crippen molar-refractivity contribution in [1.29, 1.82) is 0 Å². The van der Waals surface area contributed by atoms with Crippen LogP contribution in [0.1, 0.15) is 20.8 Å². The molecule has 0 saturated heterocycles. The maximum atomic E-state index is 11.8. The molecular weight excluding hydrogens is 272 g/mol. The van der Waals surface area contributed by atoms with Crippen molar-refractivity contribution in [2.45, 2.75) is 13.8 Å². The van der Waals surface area contributed by atoms with Gasteiger partial charge in [0, 0.05) is 10.4 Å². The van der Waals surface area contributed by atoms with Gasteiger partial charge in [0.1, 0.15) is 0 Å². The Kier molecular flexibility index (Phi) is 4.53. The number of anilines is 1. The second-order valence-corrected chi connectivity index (χ2v) is 5.70. The molecule has 0 unspecified atom stereocenters. The summed E-state index contributed by atoms with van der Waals surface area (Å²) in [6.07, 6.45) is 0. The van der Waals surface area contributed by atoms with Crippen LogP contribution in [-0.2, 0) is 4.79 Å². The van der Waals surface area contributed by atoms with E-state index in [9.17, 15) is 9.59 Å². The molecule has 104 valence electrons. The third-order valence-electron chi connectivity index (χ3n) is 2.87. The molecule has 1 heterocycles.